The molecule has 0 N–H and O–H groups in total. The fraction of sp³-hybridized carbons (Fsp3) is 0.316. The number of aromatic nitrogens is 2. The van der Waals surface area contributed by atoms with Gasteiger partial charge in [-0.2, -0.15) is 9.97 Å². The Labute approximate surface area is 157 Å². The van der Waals surface area contributed by atoms with Crippen LogP contribution in [0.15, 0.2) is 34.7 Å². The molecule has 0 saturated heterocycles. The van der Waals surface area contributed by atoms with Crippen molar-refractivity contribution in [3.63, 3.8) is 0 Å². The van der Waals surface area contributed by atoms with Crippen molar-refractivity contribution in [3.05, 3.63) is 35.9 Å². The molecule has 0 spiro atoms. The van der Waals surface area contributed by atoms with Crippen LogP contribution in [0.5, 0.6) is 5.88 Å². The zero-order chi connectivity index (χ0) is 19.1. The molecule has 2 aromatic heterocycles. The molecule has 0 bridgehead atoms. The molecule has 140 valence electrons. The molecule has 1 aliphatic rings. The molecule has 0 aliphatic carbocycles. The predicted molar refractivity (Wildman–Crippen MR) is 104 cm³/mol. The third kappa shape index (κ3) is 2.92. The highest BCUT2D eigenvalue weighted by molar-refractivity contribution is 6.09. The second-order valence-corrected chi connectivity index (χ2v) is 6.65. The van der Waals surface area contributed by atoms with Gasteiger partial charge in [-0.15, -0.1) is 0 Å². The van der Waals surface area contributed by atoms with Crippen LogP contribution in [0.1, 0.15) is 10.4 Å². The number of amides is 1. The summed E-state index contributed by atoms with van der Waals surface area (Å²) in [6, 6.07) is 9.46. The number of carbonyl (C=O) groups is 1. The van der Waals surface area contributed by atoms with Crippen molar-refractivity contribution in [2.75, 3.05) is 56.0 Å². The Bertz CT molecular complexity index is 1010. The average Bonchev–Trinajstić information content (AvgIpc) is 3.11. The molecule has 4 rings (SSSR count). The van der Waals surface area contributed by atoms with Gasteiger partial charge in [-0.3, -0.25) is 4.79 Å². The van der Waals surface area contributed by atoms with Crippen molar-refractivity contribution in [1.82, 2.24) is 9.97 Å². The summed E-state index contributed by atoms with van der Waals surface area (Å²) in [6.07, 6.45) is 0. The van der Waals surface area contributed by atoms with E-state index in [0.717, 1.165) is 11.5 Å². The van der Waals surface area contributed by atoms with Crippen LogP contribution in [-0.2, 0) is 0 Å². The molecule has 1 aliphatic heterocycles. The summed E-state index contributed by atoms with van der Waals surface area (Å²) in [7, 11) is 7.26. The molecule has 0 atom stereocenters. The number of ether oxygens (including phenoxy) is 1. The number of pyridine rings is 1. The highest BCUT2D eigenvalue weighted by atomic mass is 16.5. The maximum atomic E-state index is 13.2. The van der Waals surface area contributed by atoms with Gasteiger partial charge in [-0.25, -0.2) is 0 Å². The predicted octanol–water partition coefficient (Wildman–Crippen LogP) is 2.39. The zero-order valence-corrected chi connectivity index (χ0v) is 15.8. The third-order valence-corrected chi connectivity index (χ3v) is 4.60. The number of anilines is 3. The van der Waals surface area contributed by atoms with Gasteiger partial charge in [0.1, 0.15) is 5.52 Å². The summed E-state index contributed by atoms with van der Waals surface area (Å²) >= 11 is 0. The highest BCUT2D eigenvalue weighted by Gasteiger charge is 2.28. The van der Waals surface area contributed by atoms with E-state index >= 15 is 0 Å². The molecule has 3 heterocycles. The normalized spacial score (nSPS) is 13.6. The largest absolute Gasteiger partial charge is 0.481 e. The summed E-state index contributed by atoms with van der Waals surface area (Å²) in [5.41, 5.74) is 2.64. The zero-order valence-electron chi connectivity index (χ0n) is 15.8. The maximum absolute atomic E-state index is 13.2. The van der Waals surface area contributed by atoms with Crippen LogP contribution in [0.4, 0.5) is 17.5 Å². The molecule has 3 aromatic rings. The van der Waals surface area contributed by atoms with Crippen LogP contribution in [0, 0.1) is 0 Å². The SMILES string of the molecule is COc1ccc2c(n1)N(C)CCN2C(=O)c1ccc2oc(N(C)C)nc2c1. The van der Waals surface area contributed by atoms with Crippen molar-refractivity contribution < 1.29 is 13.9 Å². The Morgan fingerprint density at radius 3 is 2.74 bits per heavy atom. The number of carbonyl (C=O) groups excluding carboxylic acids is 1. The van der Waals surface area contributed by atoms with E-state index in [2.05, 4.69) is 9.97 Å². The third-order valence-electron chi connectivity index (χ3n) is 4.60. The summed E-state index contributed by atoms with van der Waals surface area (Å²) < 4.78 is 10.9. The first-order valence-corrected chi connectivity index (χ1v) is 8.64. The van der Waals surface area contributed by atoms with Gasteiger partial charge in [0.15, 0.2) is 11.4 Å². The molecular weight excluding hydrogens is 346 g/mol. The first-order chi connectivity index (χ1) is 13.0. The van der Waals surface area contributed by atoms with Gasteiger partial charge in [0.2, 0.25) is 5.88 Å². The van der Waals surface area contributed by atoms with E-state index < -0.39 is 0 Å². The lowest BCUT2D eigenvalue weighted by Crippen LogP contribution is -2.43. The lowest BCUT2D eigenvalue weighted by Gasteiger charge is -2.34. The Morgan fingerprint density at radius 2 is 2.00 bits per heavy atom. The smallest absolute Gasteiger partial charge is 0.297 e. The monoisotopic (exact) mass is 367 g/mol. The summed E-state index contributed by atoms with van der Waals surface area (Å²) in [6.45, 7) is 1.27. The number of nitrogens with zero attached hydrogens (tertiary/aromatic N) is 5. The van der Waals surface area contributed by atoms with E-state index in [9.17, 15) is 4.79 Å². The van der Waals surface area contributed by atoms with Crippen LogP contribution in [0.2, 0.25) is 0 Å². The van der Waals surface area contributed by atoms with Crippen molar-refractivity contribution in [3.8, 4) is 5.88 Å². The second-order valence-electron chi connectivity index (χ2n) is 6.65. The van der Waals surface area contributed by atoms with Crippen LogP contribution in [0.3, 0.4) is 0 Å². The summed E-state index contributed by atoms with van der Waals surface area (Å²) in [5.74, 6) is 1.16. The van der Waals surface area contributed by atoms with Gasteiger partial charge in [0, 0.05) is 45.9 Å². The molecule has 0 saturated carbocycles. The first kappa shape index (κ1) is 17.1. The fourth-order valence-corrected chi connectivity index (χ4v) is 3.11. The van der Waals surface area contributed by atoms with Gasteiger partial charge in [0.05, 0.1) is 12.8 Å². The Kier molecular flexibility index (Phi) is 4.10. The standard InChI is InChI=1S/C19H21N5O3/c1-22(2)19-20-13-11-12(5-7-15(13)27-19)18(25)24-10-9-23(3)17-14(24)6-8-16(21-17)26-4/h5-8,11H,9-10H2,1-4H3. The van der Waals surface area contributed by atoms with Crippen LogP contribution >= 0.6 is 0 Å². The highest BCUT2D eigenvalue weighted by Crippen LogP contribution is 2.33. The van der Waals surface area contributed by atoms with E-state index in [1.807, 2.05) is 32.1 Å². The van der Waals surface area contributed by atoms with E-state index in [1.54, 1.807) is 41.2 Å². The second kappa shape index (κ2) is 6.46. The Balaban J connectivity index is 1.71. The number of hydrogen-bond acceptors (Lipinski definition) is 7. The van der Waals surface area contributed by atoms with Crippen molar-refractivity contribution in [1.29, 1.82) is 0 Å². The lowest BCUT2D eigenvalue weighted by atomic mass is 10.1. The molecule has 8 nitrogen and oxygen atoms in total. The molecular formula is C19H21N5O3. The molecule has 27 heavy (non-hydrogen) atoms. The molecule has 8 heteroatoms. The number of rotatable bonds is 3. The van der Waals surface area contributed by atoms with E-state index in [-0.39, 0.29) is 5.91 Å². The molecule has 0 unspecified atom stereocenters. The van der Waals surface area contributed by atoms with Crippen LogP contribution in [0.25, 0.3) is 11.1 Å². The minimum absolute atomic E-state index is 0.0902. The van der Waals surface area contributed by atoms with Crippen LogP contribution < -0.4 is 19.4 Å². The van der Waals surface area contributed by atoms with Gasteiger partial charge < -0.3 is 23.9 Å². The van der Waals surface area contributed by atoms with E-state index in [1.165, 1.54) is 0 Å². The lowest BCUT2D eigenvalue weighted by molar-refractivity contribution is 0.0986. The number of likely N-dealkylation sites (N-methyl/N-ethyl adjacent to an activating group) is 1. The molecule has 1 aromatic carbocycles. The Hall–Kier alpha value is -3.29. The van der Waals surface area contributed by atoms with Crippen molar-refractivity contribution >= 4 is 34.5 Å². The van der Waals surface area contributed by atoms with Gasteiger partial charge in [-0.1, -0.05) is 0 Å². The Morgan fingerprint density at radius 1 is 1.19 bits per heavy atom. The number of fused-ring (bicyclic) bond motifs is 2. The van der Waals surface area contributed by atoms with E-state index in [0.29, 0.717) is 41.6 Å². The number of hydrogen-bond donors (Lipinski definition) is 0. The summed E-state index contributed by atoms with van der Waals surface area (Å²) in [4.78, 5) is 27.7. The van der Waals surface area contributed by atoms with Gasteiger partial charge >= 0.3 is 0 Å². The van der Waals surface area contributed by atoms with Crippen molar-refractivity contribution in [2.24, 2.45) is 0 Å². The topological polar surface area (TPSA) is 74.9 Å². The number of oxazole rings is 1. The number of methoxy groups -OCH3 is 1. The van der Waals surface area contributed by atoms with Crippen molar-refractivity contribution in [2.45, 2.75) is 0 Å². The van der Waals surface area contributed by atoms with Crippen LogP contribution in [-0.4, -0.2) is 57.2 Å². The van der Waals surface area contributed by atoms with E-state index in [4.69, 9.17) is 9.15 Å². The number of benzene rings is 1. The maximum Gasteiger partial charge on any atom is 0.297 e. The average molecular weight is 367 g/mol. The minimum atomic E-state index is -0.0902. The fourth-order valence-electron chi connectivity index (χ4n) is 3.11. The minimum Gasteiger partial charge on any atom is -0.481 e. The molecule has 0 fully saturated rings. The quantitative estimate of drug-likeness (QED) is 0.704. The molecule has 1 amide bonds. The van der Waals surface area contributed by atoms with Gasteiger partial charge in [0.25, 0.3) is 11.9 Å². The molecule has 0 radical (unpaired) electrons. The first-order valence-electron chi connectivity index (χ1n) is 8.64. The van der Waals surface area contributed by atoms with Gasteiger partial charge in [-0.05, 0) is 24.3 Å². The summed E-state index contributed by atoms with van der Waals surface area (Å²) in [5, 5.41) is 0.